The average molecular weight is 252 g/mol. The third-order valence-corrected chi connectivity index (χ3v) is 3.95. The van der Waals surface area contributed by atoms with Crippen molar-refractivity contribution in [1.29, 1.82) is 0 Å². The third-order valence-electron chi connectivity index (χ3n) is 3.95. The van der Waals surface area contributed by atoms with E-state index in [9.17, 15) is 25.5 Å². The van der Waals surface area contributed by atoms with Crippen LogP contribution in [0.3, 0.4) is 0 Å². The van der Waals surface area contributed by atoms with E-state index in [1.807, 2.05) is 0 Å². The Labute approximate surface area is 101 Å². The molecule has 6 heteroatoms. The standard InChI is InChI=1S/C11H24O6/c1-8(2,14)10(4,16)11(5,17)9(3,15)7(13)6-12/h7,12-17H,6H2,1-5H3/t7-,9-,10+,11+/m1/s1. The zero-order valence-corrected chi connectivity index (χ0v) is 11.0. The molecular formula is C11H24O6. The number of aliphatic hydroxyl groups is 6. The van der Waals surface area contributed by atoms with Gasteiger partial charge in [-0.15, -0.1) is 0 Å². The van der Waals surface area contributed by atoms with Gasteiger partial charge >= 0.3 is 0 Å². The smallest absolute Gasteiger partial charge is 0.124 e. The first-order valence-corrected chi connectivity index (χ1v) is 5.42. The topological polar surface area (TPSA) is 121 Å². The van der Waals surface area contributed by atoms with Crippen LogP contribution in [-0.2, 0) is 0 Å². The van der Waals surface area contributed by atoms with Crippen LogP contribution < -0.4 is 0 Å². The Balaban J connectivity index is 5.55. The molecule has 0 fully saturated rings. The van der Waals surface area contributed by atoms with Gasteiger partial charge in [0.25, 0.3) is 0 Å². The molecule has 0 aromatic heterocycles. The summed E-state index contributed by atoms with van der Waals surface area (Å²) in [7, 11) is 0. The highest BCUT2D eigenvalue weighted by Gasteiger charge is 2.62. The van der Waals surface area contributed by atoms with E-state index in [0.717, 1.165) is 20.8 Å². The summed E-state index contributed by atoms with van der Waals surface area (Å²) < 4.78 is 0. The fraction of sp³-hybridized carbons (Fsp3) is 1.00. The summed E-state index contributed by atoms with van der Waals surface area (Å²) in [5.74, 6) is 0. The lowest BCUT2D eigenvalue weighted by atomic mass is 9.65. The Kier molecular flexibility index (Phi) is 4.39. The minimum Gasteiger partial charge on any atom is -0.394 e. The third kappa shape index (κ3) is 2.47. The zero-order chi connectivity index (χ0) is 14.3. The monoisotopic (exact) mass is 252 g/mol. The minimum atomic E-state index is -2.25. The number of hydrogen-bond acceptors (Lipinski definition) is 6. The predicted molar refractivity (Wildman–Crippen MR) is 61.3 cm³/mol. The van der Waals surface area contributed by atoms with Crippen LogP contribution in [0.25, 0.3) is 0 Å². The van der Waals surface area contributed by atoms with Gasteiger partial charge in [0.2, 0.25) is 0 Å². The van der Waals surface area contributed by atoms with Crippen molar-refractivity contribution < 1.29 is 30.6 Å². The molecule has 0 aliphatic rings. The second-order valence-corrected chi connectivity index (χ2v) is 5.55. The second-order valence-electron chi connectivity index (χ2n) is 5.55. The van der Waals surface area contributed by atoms with Gasteiger partial charge in [0.15, 0.2) is 0 Å². The van der Waals surface area contributed by atoms with Crippen LogP contribution in [0.1, 0.15) is 34.6 Å². The molecule has 0 amide bonds. The fourth-order valence-corrected chi connectivity index (χ4v) is 1.59. The Morgan fingerprint density at radius 3 is 1.41 bits per heavy atom. The Morgan fingerprint density at radius 2 is 1.18 bits per heavy atom. The highest BCUT2D eigenvalue weighted by atomic mass is 16.4. The quantitative estimate of drug-likeness (QED) is 0.349. The van der Waals surface area contributed by atoms with Crippen molar-refractivity contribution in [3.05, 3.63) is 0 Å². The minimum absolute atomic E-state index is 0.787. The highest BCUT2D eigenvalue weighted by molar-refractivity contribution is 5.13. The SMILES string of the molecule is CC(C)(O)[C@](C)(O)[C@@](C)(O)[C@](C)(O)[C@H](O)CO. The zero-order valence-electron chi connectivity index (χ0n) is 11.0. The van der Waals surface area contributed by atoms with Gasteiger partial charge in [0.1, 0.15) is 22.9 Å². The van der Waals surface area contributed by atoms with Gasteiger partial charge in [-0.25, -0.2) is 0 Å². The van der Waals surface area contributed by atoms with Crippen molar-refractivity contribution in [2.24, 2.45) is 0 Å². The molecular weight excluding hydrogens is 228 g/mol. The Hall–Kier alpha value is -0.240. The van der Waals surface area contributed by atoms with E-state index in [-0.39, 0.29) is 0 Å². The van der Waals surface area contributed by atoms with E-state index < -0.39 is 35.1 Å². The van der Waals surface area contributed by atoms with E-state index in [1.165, 1.54) is 13.8 Å². The molecule has 104 valence electrons. The molecule has 0 spiro atoms. The van der Waals surface area contributed by atoms with Crippen LogP contribution >= 0.6 is 0 Å². The van der Waals surface area contributed by atoms with Crippen molar-refractivity contribution in [3.63, 3.8) is 0 Å². The molecule has 0 saturated heterocycles. The van der Waals surface area contributed by atoms with Gasteiger partial charge < -0.3 is 30.6 Å². The highest BCUT2D eigenvalue weighted by Crippen LogP contribution is 2.40. The van der Waals surface area contributed by atoms with Gasteiger partial charge in [-0.1, -0.05) is 0 Å². The normalized spacial score (nSPS) is 25.6. The lowest BCUT2D eigenvalue weighted by molar-refractivity contribution is -0.296. The first kappa shape index (κ1) is 16.8. The first-order valence-electron chi connectivity index (χ1n) is 5.42. The molecule has 0 heterocycles. The average Bonchev–Trinajstić information content (AvgIpc) is 2.13. The van der Waals surface area contributed by atoms with Crippen molar-refractivity contribution in [1.82, 2.24) is 0 Å². The molecule has 0 aliphatic carbocycles. The molecule has 6 nitrogen and oxygen atoms in total. The van der Waals surface area contributed by atoms with Crippen LogP contribution in [0.5, 0.6) is 0 Å². The predicted octanol–water partition coefficient (Wildman–Crippen LogP) is -1.64. The molecule has 0 aromatic rings. The summed E-state index contributed by atoms with van der Waals surface area (Å²) in [6, 6.07) is 0. The van der Waals surface area contributed by atoms with Crippen LogP contribution in [0.15, 0.2) is 0 Å². The Bertz CT molecular complexity index is 264. The van der Waals surface area contributed by atoms with Crippen molar-refractivity contribution >= 4 is 0 Å². The van der Waals surface area contributed by atoms with E-state index in [4.69, 9.17) is 5.11 Å². The molecule has 6 N–H and O–H groups in total. The Morgan fingerprint density at radius 1 is 0.824 bits per heavy atom. The van der Waals surface area contributed by atoms with Crippen LogP contribution in [-0.4, -0.2) is 65.8 Å². The second kappa shape index (κ2) is 4.46. The lowest BCUT2D eigenvalue weighted by Gasteiger charge is -2.53. The number of hydrogen-bond donors (Lipinski definition) is 6. The maximum absolute atomic E-state index is 10.3. The molecule has 17 heavy (non-hydrogen) atoms. The fourth-order valence-electron chi connectivity index (χ4n) is 1.59. The molecule has 0 unspecified atom stereocenters. The van der Waals surface area contributed by atoms with Crippen molar-refractivity contribution in [3.8, 4) is 0 Å². The van der Waals surface area contributed by atoms with Gasteiger partial charge in [0, 0.05) is 0 Å². The summed E-state index contributed by atoms with van der Waals surface area (Å²) in [4.78, 5) is 0. The molecule has 0 aromatic carbocycles. The molecule has 0 rings (SSSR count). The van der Waals surface area contributed by atoms with E-state index in [0.29, 0.717) is 0 Å². The first-order chi connectivity index (χ1) is 7.23. The van der Waals surface area contributed by atoms with E-state index in [2.05, 4.69) is 0 Å². The van der Waals surface area contributed by atoms with E-state index >= 15 is 0 Å². The molecule has 0 saturated carbocycles. The largest absolute Gasteiger partial charge is 0.394 e. The summed E-state index contributed by atoms with van der Waals surface area (Å²) in [5, 5.41) is 58.7. The molecule has 4 atom stereocenters. The number of aliphatic hydroxyl groups excluding tert-OH is 2. The van der Waals surface area contributed by atoms with Gasteiger partial charge in [-0.2, -0.15) is 0 Å². The summed E-state index contributed by atoms with van der Waals surface area (Å²) in [6.45, 7) is 5.06. The molecule has 0 bridgehead atoms. The maximum Gasteiger partial charge on any atom is 0.124 e. The van der Waals surface area contributed by atoms with Crippen molar-refractivity contribution in [2.45, 2.75) is 63.1 Å². The summed E-state index contributed by atoms with van der Waals surface area (Å²) in [6.07, 6.45) is -1.66. The molecule has 0 aliphatic heterocycles. The maximum atomic E-state index is 10.3. The summed E-state index contributed by atoms with van der Waals surface area (Å²) >= 11 is 0. The van der Waals surface area contributed by atoms with Crippen LogP contribution in [0, 0.1) is 0 Å². The number of rotatable bonds is 5. The van der Waals surface area contributed by atoms with E-state index in [1.54, 1.807) is 0 Å². The van der Waals surface area contributed by atoms with Gasteiger partial charge in [-0.3, -0.25) is 0 Å². The van der Waals surface area contributed by atoms with Crippen LogP contribution in [0.2, 0.25) is 0 Å². The van der Waals surface area contributed by atoms with Crippen LogP contribution in [0.4, 0.5) is 0 Å². The van der Waals surface area contributed by atoms with Gasteiger partial charge in [-0.05, 0) is 34.6 Å². The van der Waals surface area contributed by atoms with Crippen molar-refractivity contribution in [2.75, 3.05) is 6.61 Å². The summed E-state index contributed by atoms with van der Waals surface area (Å²) in [5.41, 5.74) is -8.29. The molecule has 0 radical (unpaired) electrons. The van der Waals surface area contributed by atoms with Gasteiger partial charge in [0.05, 0.1) is 12.2 Å². The lowest BCUT2D eigenvalue weighted by Crippen LogP contribution is -2.74.